The summed E-state index contributed by atoms with van der Waals surface area (Å²) in [5.41, 5.74) is 3.45. The van der Waals surface area contributed by atoms with E-state index in [1.54, 1.807) is 18.2 Å². The van der Waals surface area contributed by atoms with Crippen LogP contribution in [0.2, 0.25) is 0 Å². The summed E-state index contributed by atoms with van der Waals surface area (Å²) in [6, 6.07) is 13.1. The number of carbonyl (C=O) groups excluding carboxylic acids is 1. The third-order valence-electron chi connectivity index (χ3n) is 3.39. The standard InChI is InChI=1S/C18H16BrN3O2/c1-12-11-13(2)22(21-12)16-6-4-3-5-15(16)20-18(23)10-8-14-7-9-17(19)24-14/h3-11H,1-2H3,(H,20,23)/b10-8+. The Labute approximate surface area is 148 Å². The predicted octanol–water partition coefficient (Wildman–Crippen LogP) is 4.50. The molecule has 3 rings (SSSR count). The Bertz CT molecular complexity index is 909. The van der Waals surface area contributed by atoms with Crippen molar-refractivity contribution < 1.29 is 9.21 Å². The van der Waals surface area contributed by atoms with Crippen LogP contribution in [0, 0.1) is 13.8 Å². The zero-order chi connectivity index (χ0) is 17.1. The van der Waals surface area contributed by atoms with E-state index in [2.05, 4.69) is 26.3 Å². The van der Waals surface area contributed by atoms with Gasteiger partial charge in [-0.15, -0.1) is 0 Å². The SMILES string of the molecule is Cc1cc(C)n(-c2ccccc2NC(=O)/C=C/c2ccc(Br)o2)n1. The van der Waals surface area contributed by atoms with Crippen LogP contribution in [-0.2, 0) is 4.79 Å². The fourth-order valence-electron chi connectivity index (χ4n) is 2.39. The van der Waals surface area contributed by atoms with Crippen molar-refractivity contribution >= 4 is 33.6 Å². The van der Waals surface area contributed by atoms with Crippen LogP contribution in [0.3, 0.4) is 0 Å². The van der Waals surface area contributed by atoms with Gasteiger partial charge in [0.1, 0.15) is 5.76 Å². The van der Waals surface area contributed by atoms with Gasteiger partial charge in [0.05, 0.1) is 17.1 Å². The number of aromatic nitrogens is 2. The number of nitrogens with zero attached hydrogens (tertiary/aromatic N) is 2. The summed E-state index contributed by atoms with van der Waals surface area (Å²) in [4.78, 5) is 12.2. The van der Waals surface area contributed by atoms with Gasteiger partial charge >= 0.3 is 0 Å². The minimum absolute atomic E-state index is 0.239. The van der Waals surface area contributed by atoms with Crippen molar-refractivity contribution in [3.8, 4) is 5.69 Å². The van der Waals surface area contributed by atoms with Crippen LogP contribution in [-0.4, -0.2) is 15.7 Å². The molecule has 0 radical (unpaired) electrons. The third kappa shape index (κ3) is 3.65. The second-order valence-corrected chi connectivity index (χ2v) is 6.10. The lowest BCUT2D eigenvalue weighted by atomic mass is 10.2. The van der Waals surface area contributed by atoms with Crippen molar-refractivity contribution in [1.82, 2.24) is 9.78 Å². The first kappa shape index (κ1) is 16.3. The summed E-state index contributed by atoms with van der Waals surface area (Å²) >= 11 is 3.23. The van der Waals surface area contributed by atoms with E-state index in [9.17, 15) is 4.79 Å². The van der Waals surface area contributed by atoms with Gasteiger partial charge in [-0.1, -0.05) is 12.1 Å². The molecule has 0 atom stereocenters. The first-order chi connectivity index (χ1) is 11.5. The maximum atomic E-state index is 12.2. The van der Waals surface area contributed by atoms with Crippen molar-refractivity contribution in [3.05, 3.63) is 70.4 Å². The molecule has 2 heterocycles. The first-order valence-corrected chi connectivity index (χ1v) is 8.19. The Morgan fingerprint density at radius 2 is 2.04 bits per heavy atom. The molecule has 0 saturated heterocycles. The zero-order valence-corrected chi connectivity index (χ0v) is 14.9. The quantitative estimate of drug-likeness (QED) is 0.672. The second kappa shape index (κ2) is 6.88. The van der Waals surface area contributed by atoms with E-state index < -0.39 is 0 Å². The molecule has 0 aliphatic heterocycles. The highest BCUT2D eigenvalue weighted by molar-refractivity contribution is 9.10. The number of para-hydroxylation sites is 2. The van der Waals surface area contributed by atoms with Gasteiger partial charge in [0.25, 0.3) is 0 Å². The van der Waals surface area contributed by atoms with Crippen LogP contribution in [0.1, 0.15) is 17.1 Å². The third-order valence-corrected chi connectivity index (χ3v) is 3.82. The Kier molecular flexibility index (Phi) is 4.66. The molecule has 0 bridgehead atoms. The van der Waals surface area contributed by atoms with Gasteiger partial charge in [-0.05, 0) is 66.2 Å². The summed E-state index contributed by atoms with van der Waals surface area (Å²) in [5, 5.41) is 7.35. The van der Waals surface area contributed by atoms with E-state index in [1.807, 2.05) is 48.9 Å². The van der Waals surface area contributed by atoms with Gasteiger partial charge in [-0.2, -0.15) is 5.10 Å². The molecule has 5 nitrogen and oxygen atoms in total. The highest BCUT2D eigenvalue weighted by Gasteiger charge is 2.10. The molecule has 0 fully saturated rings. The average molecular weight is 386 g/mol. The number of benzene rings is 1. The Hall–Kier alpha value is -2.60. The van der Waals surface area contributed by atoms with Crippen LogP contribution >= 0.6 is 15.9 Å². The zero-order valence-electron chi connectivity index (χ0n) is 13.3. The highest BCUT2D eigenvalue weighted by atomic mass is 79.9. The Balaban J connectivity index is 1.81. The molecule has 1 aromatic carbocycles. The van der Waals surface area contributed by atoms with Crippen LogP contribution in [0.15, 0.2) is 57.6 Å². The normalized spacial score (nSPS) is 11.1. The Morgan fingerprint density at radius 3 is 2.71 bits per heavy atom. The van der Waals surface area contributed by atoms with Gasteiger partial charge in [0, 0.05) is 11.8 Å². The van der Waals surface area contributed by atoms with Crippen LogP contribution in [0.5, 0.6) is 0 Å². The van der Waals surface area contributed by atoms with Gasteiger partial charge in [0.15, 0.2) is 4.67 Å². The smallest absolute Gasteiger partial charge is 0.248 e. The minimum Gasteiger partial charge on any atom is -0.450 e. The number of hydrogen-bond donors (Lipinski definition) is 1. The molecule has 24 heavy (non-hydrogen) atoms. The number of carbonyl (C=O) groups is 1. The number of furan rings is 1. The van der Waals surface area contributed by atoms with Gasteiger partial charge in [-0.3, -0.25) is 4.79 Å². The van der Waals surface area contributed by atoms with E-state index in [0.29, 0.717) is 16.1 Å². The van der Waals surface area contributed by atoms with Crippen LogP contribution < -0.4 is 5.32 Å². The first-order valence-electron chi connectivity index (χ1n) is 7.40. The number of anilines is 1. The average Bonchev–Trinajstić information content (AvgIpc) is 3.11. The largest absolute Gasteiger partial charge is 0.450 e. The fourth-order valence-corrected chi connectivity index (χ4v) is 2.71. The van der Waals surface area contributed by atoms with E-state index in [-0.39, 0.29) is 5.91 Å². The lowest BCUT2D eigenvalue weighted by Gasteiger charge is -2.11. The summed E-state index contributed by atoms with van der Waals surface area (Å²) in [6.07, 6.45) is 3.05. The van der Waals surface area contributed by atoms with E-state index in [4.69, 9.17) is 4.42 Å². The van der Waals surface area contributed by atoms with Crippen LogP contribution in [0.25, 0.3) is 11.8 Å². The maximum Gasteiger partial charge on any atom is 0.248 e. The van der Waals surface area contributed by atoms with Crippen molar-refractivity contribution in [1.29, 1.82) is 0 Å². The minimum atomic E-state index is -0.239. The number of hydrogen-bond acceptors (Lipinski definition) is 3. The molecule has 0 spiro atoms. The second-order valence-electron chi connectivity index (χ2n) is 5.32. The van der Waals surface area contributed by atoms with Crippen molar-refractivity contribution in [3.63, 3.8) is 0 Å². The van der Waals surface area contributed by atoms with Crippen molar-refractivity contribution in [2.24, 2.45) is 0 Å². The number of amides is 1. The number of nitrogens with one attached hydrogen (secondary N) is 1. The molecule has 2 aromatic heterocycles. The van der Waals surface area contributed by atoms with Gasteiger partial charge < -0.3 is 9.73 Å². The maximum absolute atomic E-state index is 12.2. The van der Waals surface area contributed by atoms with E-state index >= 15 is 0 Å². The molecule has 0 aliphatic carbocycles. The number of halogens is 1. The summed E-state index contributed by atoms with van der Waals surface area (Å²) in [7, 11) is 0. The van der Waals surface area contributed by atoms with Gasteiger partial charge in [0.2, 0.25) is 5.91 Å². The molecule has 122 valence electrons. The van der Waals surface area contributed by atoms with Crippen molar-refractivity contribution in [2.75, 3.05) is 5.32 Å². The van der Waals surface area contributed by atoms with Crippen molar-refractivity contribution in [2.45, 2.75) is 13.8 Å². The predicted molar refractivity (Wildman–Crippen MR) is 97.1 cm³/mol. The highest BCUT2D eigenvalue weighted by Crippen LogP contribution is 2.22. The van der Waals surface area contributed by atoms with Gasteiger partial charge in [-0.25, -0.2) is 4.68 Å². The van der Waals surface area contributed by atoms with E-state index in [0.717, 1.165) is 17.1 Å². The van der Waals surface area contributed by atoms with E-state index in [1.165, 1.54) is 6.08 Å². The number of aryl methyl sites for hydroxylation is 2. The topological polar surface area (TPSA) is 60.1 Å². The molecule has 3 aromatic rings. The van der Waals surface area contributed by atoms with Crippen LogP contribution in [0.4, 0.5) is 5.69 Å². The number of rotatable bonds is 4. The molecule has 0 unspecified atom stereocenters. The monoisotopic (exact) mass is 385 g/mol. The Morgan fingerprint density at radius 1 is 1.25 bits per heavy atom. The molecular formula is C18H16BrN3O2. The molecule has 1 amide bonds. The summed E-state index contributed by atoms with van der Waals surface area (Å²) in [6.45, 7) is 3.92. The molecule has 6 heteroatoms. The summed E-state index contributed by atoms with van der Waals surface area (Å²) in [5.74, 6) is 0.361. The molecule has 1 N–H and O–H groups in total. The summed E-state index contributed by atoms with van der Waals surface area (Å²) < 4.78 is 7.77. The molecular weight excluding hydrogens is 370 g/mol. The lowest BCUT2D eigenvalue weighted by Crippen LogP contribution is -2.11. The molecule has 0 aliphatic rings. The molecule has 0 saturated carbocycles. The fraction of sp³-hybridized carbons (Fsp3) is 0.111. The lowest BCUT2D eigenvalue weighted by molar-refractivity contribution is -0.111.